The summed E-state index contributed by atoms with van der Waals surface area (Å²) in [6.07, 6.45) is 1.93. The van der Waals surface area contributed by atoms with Crippen LogP contribution in [0, 0.1) is 13.8 Å². The fourth-order valence-corrected chi connectivity index (χ4v) is 6.61. The number of benzene rings is 1. The quantitative estimate of drug-likeness (QED) is 0.312. The lowest BCUT2D eigenvalue weighted by Crippen LogP contribution is -2.39. The van der Waals surface area contributed by atoms with Crippen LogP contribution in [-0.2, 0) is 20.8 Å². The molecule has 0 aliphatic carbocycles. The van der Waals surface area contributed by atoms with E-state index in [-0.39, 0.29) is 12.2 Å². The number of aryl methyl sites for hydroxylation is 1. The Morgan fingerprint density at radius 2 is 1.95 bits per heavy atom. The number of carbonyl (C=O) groups is 1. The van der Waals surface area contributed by atoms with E-state index in [1.165, 1.54) is 22.7 Å². The number of methoxy groups -OCH3 is 1. The molecule has 0 fully saturated rings. The van der Waals surface area contributed by atoms with Crippen molar-refractivity contribution < 1.29 is 14.3 Å². The molecule has 1 aliphatic rings. The van der Waals surface area contributed by atoms with Crippen LogP contribution in [0.25, 0.3) is 11.8 Å². The molecule has 0 radical (unpaired) electrons. The van der Waals surface area contributed by atoms with Gasteiger partial charge in [0.15, 0.2) is 4.80 Å². The van der Waals surface area contributed by atoms with Gasteiger partial charge >= 0.3 is 5.97 Å². The van der Waals surface area contributed by atoms with Crippen molar-refractivity contribution in [3.63, 3.8) is 0 Å². The summed E-state index contributed by atoms with van der Waals surface area (Å²) in [5.74, 6) is -0.468. The van der Waals surface area contributed by atoms with E-state index in [2.05, 4.69) is 17.6 Å². The van der Waals surface area contributed by atoms with Gasteiger partial charge in [0, 0.05) is 35.5 Å². The summed E-state index contributed by atoms with van der Waals surface area (Å²) in [6, 6.07) is 14.9. The predicted molar refractivity (Wildman–Crippen MR) is 151 cm³/mol. The first kappa shape index (κ1) is 26.1. The van der Waals surface area contributed by atoms with Crippen LogP contribution in [0.15, 0.2) is 69.3 Å². The van der Waals surface area contributed by atoms with E-state index in [1.54, 1.807) is 18.6 Å². The Kier molecular flexibility index (Phi) is 7.60. The van der Waals surface area contributed by atoms with E-state index in [0.29, 0.717) is 27.2 Å². The number of hydrogen-bond acceptors (Lipinski definition) is 7. The van der Waals surface area contributed by atoms with Crippen LogP contribution >= 0.6 is 22.7 Å². The molecule has 0 spiro atoms. The van der Waals surface area contributed by atoms with E-state index >= 15 is 0 Å². The molecule has 9 heteroatoms. The highest BCUT2D eigenvalue weighted by molar-refractivity contribution is 7.10. The molecule has 1 aromatic carbocycles. The Balaban J connectivity index is 1.75. The van der Waals surface area contributed by atoms with Crippen molar-refractivity contribution in [3.05, 3.63) is 107 Å². The van der Waals surface area contributed by atoms with E-state index in [0.717, 1.165) is 33.9 Å². The largest absolute Gasteiger partial charge is 0.463 e. The number of nitrogens with zero attached hydrogens (tertiary/aromatic N) is 3. The van der Waals surface area contributed by atoms with Gasteiger partial charge in [-0.15, -0.1) is 11.3 Å². The molecule has 0 unspecified atom stereocenters. The Bertz CT molecular complexity index is 1680. The Morgan fingerprint density at radius 3 is 2.63 bits per heavy atom. The van der Waals surface area contributed by atoms with Crippen LogP contribution in [0.2, 0.25) is 0 Å². The summed E-state index contributed by atoms with van der Waals surface area (Å²) in [4.78, 5) is 33.7. The molecule has 4 aromatic rings. The van der Waals surface area contributed by atoms with Crippen molar-refractivity contribution >= 4 is 40.4 Å². The van der Waals surface area contributed by atoms with Gasteiger partial charge in [0.25, 0.3) is 5.56 Å². The summed E-state index contributed by atoms with van der Waals surface area (Å²) in [5.41, 5.74) is 4.68. The lowest BCUT2D eigenvalue weighted by Gasteiger charge is -2.24. The van der Waals surface area contributed by atoms with Crippen LogP contribution in [0.1, 0.15) is 40.4 Å². The minimum absolute atomic E-state index is 0.178. The van der Waals surface area contributed by atoms with E-state index in [4.69, 9.17) is 14.5 Å². The molecule has 0 saturated carbocycles. The van der Waals surface area contributed by atoms with E-state index < -0.39 is 12.0 Å². The van der Waals surface area contributed by atoms with Gasteiger partial charge in [-0.2, -0.15) is 0 Å². The minimum atomic E-state index is -0.628. The van der Waals surface area contributed by atoms with Crippen molar-refractivity contribution in [2.75, 3.05) is 20.3 Å². The standard InChI is InChI=1S/C29H29N3O4S2/c1-5-36-28(34)24-25(20-10-7-6-8-11-20)30-29-32(26(24)22-12-9-15-37-22)27(33)23(38-29)17-21-16-18(2)31(19(21)3)13-14-35-4/h6-12,15-17,26H,5,13-14H2,1-4H3/b23-17-/t26-/m1/s1. The highest BCUT2D eigenvalue weighted by atomic mass is 32.1. The summed E-state index contributed by atoms with van der Waals surface area (Å²) < 4.78 is 15.2. The van der Waals surface area contributed by atoms with Gasteiger partial charge in [-0.25, -0.2) is 9.79 Å². The van der Waals surface area contributed by atoms with Gasteiger partial charge < -0.3 is 14.0 Å². The van der Waals surface area contributed by atoms with Crippen LogP contribution in [0.5, 0.6) is 0 Å². The number of hydrogen-bond donors (Lipinski definition) is 0. The van der Waals surface area contributed by atoms with Crippen molar-refractivity contribution in [3.8, 4) is 0 Å². The summed E-state index contributed by atoms with van der Waals surface area (Å²) in [7, 11) is 1.69. The highest BCUT2D eigenvalue weighted by Crippen LogP contribution is 2.36. The fraction of sp³-hybridized carbons (Fsp3) is 0.276. The number of fused-ring (bicyclic) bond motifs is 1. The number of rotatable bonds is 8. The zero-order chi connectivity index (χ0) is 26.8. The Labute approximate surface area is 228 Å². The molecule has 1 aliphatic heterocycles. The third-order valence-electron chi connectivity index (χ3n) is 6.60. The second-order valence-electron chi connectivity index (χ2n) is 8.92. The molecule has 0 N–H and O–H groups in total. The normalized spacial score (nSPS) is 15.5. The van der Waals surface area contributed by atoms with Crippen LogP contribution < -0.4 is 14.9 Å². The molecule has 4 heterocycles. The first-order valence-electron chi connectivity index (χ1n) is 12.4. The summed E-state index contributed by atoms with van der Waals surface area (Å²) in [6.45, 7) is 7.45. The monoisotopic (exact) mass is 547 g/mol. The molecule has 196 valence electrons. The number of ether oxygens (including phenoxy) is 2. The third kappa shape index (κ3) is 4.73. The van der Waals surface area contributed by atoms with Gasteiger partial charge in [-0.1, -0.05) is 47.7 Å². The van der Waals surface area contributed by atoms with Gasteiger partial charge in [0.05, 0.1) is 29.0 Å². The van der Waals surface area contributed by atoms with E-state index in [1.807, 2.05) is 60.8 Å². The summed E-state index contributed by atoms with van der Waals surface area (Å²) >= 11 is 2.84. The van der Waals surface area contributed by atoms with Crippen molar-refractivity contribution in [2.24, 2.45) is 4.99 Å². The maximum Gasteiger partial charge on any atom is 0.338 e. The molecule has 1 atom stereocenters. The first-order chi connectivity index (χ1) is 18.4. The number of esters is 1. The van der Waals surface area contributed by atoms with Crippen molar-refractivity contribution in [2.45, 2.75) is 33.4 Å². The number of thiophene rings is 1. The maximum absolute atomic E-state index is 14.0. The third-order valence-corrected chi connectivity index (χ3v) is 8.51. The van der Waals surface area contributed by atoms with E-state index in [9.17, 15) is 9.59 Å². The van der Waals surface area contributed by atoms with Crippen LogP contribution in [0.3, 0.4) is 0 Å². The zero-order valence-corrected chi connectivity index (χ0v) is 23.4. The molecule has 0 amide bonds. The second-order valence-corrected chi connectivity index (χ2v) is 10.9. The number of thiazole rings is 1. The van der Waals surface area contributed by atoms with Gasteiger partial charge in [-0.3, -0.25) is 9.36 Å². The molecule has 3 aromatic heterocycles. The van der Waals surface area contributed by atoms with Crippen LogP contribution in [-0.4, -0.2) is 35.4 Å². The molecule has 7 nitrogen and oxygen atoms in total. The minimum Gasteiger partial charge on any atom is -0.463 e. The molecular weight excluding hydrogens is 518 g/mol. The Hall–Kier alpha value is -3.53. The average molecular weight is 548 g/mol. The molecule has 38 heavy (non-hydrogen) atoms. The number of aromatic nitrogens is 2. The lowest BCUT2D eigenvalue weighted by molar-refractivity contribution is -0.138. The van der Waals surface area contributed by atoms with Crippen molar-refractivity contribution in [1.29, 1.82) is 0 Å². The van der Waals surface area contributed by atoms with Gasteiger partial charge in [-0.05, 0) is 49.9 Å². The SMILES string of the molecule is CCOC(=O)C1=C(c2ccccc2)N=c2s/c(=C\c3cc(C)n(CCOC)c3C)c(=O)n2[C@@H]1c1cccs1. The lowest BCUT2D eigenvalue weighted by atomic mass is 9.97. The highest BCUT2D eigenvalue weighted by Gasteiger charge is 2.35. The average Bonchev–Trinajstić information content (AvgIpc) is 3.62. The number of carbonyl (C=O) groups excluding carboxylic acids is 1. The first-order valence-corrected chi connectivity index (χ1v) is 14.1. The molecule has 0 saturated heterocycles. The smallest absolute Gasteiger partial charge is 0.338 e. The predicted octanol–water partition coefficient (Wildman–Crippen LogP) is 4.06. The van der Waals surface area contributed by atoms with Crippen LogP contribution in [0.4, 0.5) is 0 Å². The maximum atomic E-state index is 14.0. The second kappa shape index (κ2) is 11.1. The van der Waals surface area contributed by atoms with Crippen molar-refractivity contribution in [1.82, 2.24) is 9.13 Å². The van der Waals surface area contributed by atoms with Gasteiger partial charge in [0.2, 0.25) is 0 Å². The summed E-state index contributed by atoms with van der Waals surface area (Å²) in [5, 5.41) is 1.95. The Morgan fingerprint density at radius 1 is 1.16 bits per heavy atom. The molecule has 5 rings (SSSR count). The molecular formula is C29H29N3O4S2. The zero-order valence-electron chi connectivity index (χ0n) is 21.8. The fourth-order valence-electron chi connectivity index (χ4n) is 4.80. The molecule has 0 bridgehead atoms. The topological polar surface area (TPSA) is 74.8 Å². The van der Waals surface area contributed by atoms with Gasteiger partial charge in [0.1, 0.15) is 6.04 Å².